The highest BCUT2D eigenvalue weighted by Crippen LogP contribution is 2.31. The molecule has 0 radical (unpaired) electrons. The predicted octanol–water partition coefficient (Wildman–Crippen LogP) is 4.16. The zero-order chi connectivity index (χ0) is 11.7. The van der Waals surface area contributed by atoms with E-state index in [1.165, 1.54) is 12.1 Å². The second-order valence-corrected chi connectivity index (χ2v) is 3.99. The molecule has 0 atom stereocenters. The first-order valence-electron chi connectivity index (χ1n) is 4.83. The smallest absolute Gasteiger partial charge is 0.134 e. The van der Waals surface area contributed by atoms with E-state index in [2.05, 4.69) is 0 Å². The summed E-state index contributed by atoms with van der Waals surface area (Å²) in [6.07, 6.45) is 0. The molecule has 1 N–H and O–H groups in total. The average molecular weight is 237 g/mol. The summed E-state index contributed by atoms with van der Waals surface area (Å²) in [4.78, 5) is 0. The van der Waals surface area contributed by atoms with E-state index in [9.17, 15) is 9.50 Å². The number of benzene rings is 2. The van der Waals surface area contributed by atoms with E-state index in [4.69, 9.17) is 11.6 Å². The van der Waals surface area contributed by atoms with Crippen molar-refractivity contribution in [1.82, 2.24) is 0 Å². The van der Waals surface area contributed by atoms with Gasteiger partial charge in [0.05, 0.1) is 5.02 Å². The second-order valence-electron chi connectivity index (χ2n) is 3.58. The Labute approximate surface area is 98.1 Å². The number of phenols is 1. The standard InChI is InChI=1S/C13H10ClFO/c1-8-10(3-2-4-12(8)15)9-5-6-13(16)11(14)7-9/h2-7,16H,1H3. The zero-order valence-corrected chi connectivity index (χ0v) is 9.42. The van der Waals surface area contributed by atoms with Crippen molar-refractivity contribution in [1.29, 1.82) is 0 Å². The van der Waals surface area contributed by atoms with Crippen molar-refractivity contribution in [2.45, 2.75) is 6.92 Å². The molecule has 0 saturated heterocycles. The van der Waals surface area contributed by atoms with Crippen LogP contribution in [0.3, 0.4) is 0 Å². The first-order chi connectivity index (χ1) is 7.59. The summed E-state index contributed by atoms with van der Waals surface area (Å²) < 4.78 is 13.4. The lowest BCUT2D eigenvalue weighted by atomic mass is 10.0. The first kappa shape index (κ1) is 11.0. The summed E-state index contributed by atoms with van der Waals surface area (Å²) in [5.74, 6) is -0.221. The molecule has 0 bridgehead atoms. The summed E-state index contributed by atoms with van der Waals surface area (Å²) >= 11 is 5.81. The third-order valence-corrected chi connectivity index (χ3v) is 2.83. The van der Waals surface area contributed by atoms with E-state index < -0.39 is 0 Å². The molecule has 0 aliphatic carbocycles. The molecule has 0 unspecified atom stereocenters. The summed E-state index contributed by atoms with van der Waals surface area (Å²) in [6.45, 7) is 1.71. The van der Waals surface area contributed by atoms with Gasteiger partial charge in [0, 0.05) is 0 Å². The molecule has 1 nitrogen and oxygen atoms in total. The molecule has 16 heavy (non-hydrogen) atoms. The molecule has 0 spiro atoms. The van der Waals surface area contributed by atoms with E-state index in [1.807, 2.05) is 6.07 Å². The fourth-order valence-corrected chi connectivity index (χ4v) is 1.78. The van der Waals surface area contributed by atoms with E-state index >= 15 is 0 Å². The van der Waals surface area contributed by atoms with E-state index in [0.717, 1.165) is 11.1 Å². The molecule has 2 rings (SSSR count). The molecular weight excluding hydrogens is 227 g/mol. The summed E-state index contributed by atoms with van der Waals surface area (Å²) in [5, 5.41) is 9.57. The maximum atomic E-state index is 13.4. The van der Waals surface area contributed by atoms with Crippen molar-refractivity contribution < 1.29 is 9.50 Å². The summed E-state index contributed by atoms with van der Waals surface area (Å²) in [5.41, 5.74) is 2.14. The lowest BCUT2D eigenvalue weighted by Gasteiger charge is -2.07. The van der Waals surface area contributed by atoms with Crippen molar-refractivity contribution in [3.05, 3.63) is 52.8 Å². The van der Waals surface area contributed by atoms with Gasteiger partial charge in [0.25, 0.3) is 0 Å². The topological polar surface area (TPSA) is 20.2 Å². The van der Waals surface area contributed by atoms with Crippen molar-refractivity contribution in [2.24, 2.45) is 0 Å². The van der Waals surface area contributed by atoms with Crippen LogP contribution >= 0.6 is 11.6 Å². The molecule has 0 aliphatic rings. The van der Waals surface area contributed by atoms with Crippen LogP contribution in [0.2, 0.25) is 5.02 Å². The monoisotopic (exact) mass is 236 g/mol. The zero-order valence-electron chi connectivity index (χ0n) is 8.67. The number of aromatic hydroxyl groups is 1. The predicted molar refractivity (Wildman–Crippen MR) is 63.2 cm³/mol. The van der Waals surface area contributed by atoms with Crippen LogP contribution in [-0.2, 0) is 0 Å². The SMILES string of the molecule is Cc1c(F)cccc1-c1ccc(O)c(Cl)c1. The molecule has 0 aromatic heterocycles. The molecular formula is C13H10ClFO. The lowest BCUT2D eigenvalue weighted by molar-refractivity contribution is 0.475. The van der Waals surface area contributed by atoms with Crippen molar-refractivity contribution in [3.63, 3.8) is 0 Å². The molecule has 2 aromatic rings. The van der Waals surface area contributed by atoms with Crippen molar-refractivity contribution in [2.75, 3.05) is 0 Å². The van der Waals surface area contributed by atoms with Crippen LogP contribution < -0.4 is 0 Å². The van der Waals surface area contributed by atoms with E-state index in [-0.39, 0.29) is 16.6 Å². The fourth-order valence-electron chi connectivity index (χ4n) is 1.59. The van der Waals surface area contributed by atoms with Crippen LogP contribution in [0.1, 0.15) is 5.56 Å². The van der Waals surface area contributed by atoms with Crippen LogP contribution in [0.25, 0.3) is 11.1 Å². The van der Waals surface area contributed by atoms with Gasteiger partial charge in [-0.15, -0.1) is 0 Å². The normalized spacial score (nSPS) is 10.4. The highest BCUT2D eigenvalue weighted by atomic mass is 35.5. The Hall–Kier alpha value is -1.54. The third kappa shape index (κ3) is 1.89. The number of hydrogen-bond acceptors (Lipinski definition) is 1. The lowest BCUT2D eigenvalue weighted by Crippen LogP contribution is -1.87. The Balaban J connectivity index is 2.59. The highest BCUT2D eigenvalue weighted by molar-refractivity contribution is 6.32. The number of hydrogen-bond donors (Lipinski definition) is 1. The van der Waals surface area contributed by atoms with Crippen LogP contribution in [0.15, 0.2) is 36.4 Å². The molecule has 0 aliphatic heterocycles. The van der Waals surface area contributed by atoms with Gasteiger partial charge >= 0.3 is 0 Å². The average Bonchev–Trinajstić information content (AvgIpc) is 2.26. The van der Waals surface area contributed by atoms with Crippen LogP contribution in [-0.4, -0.2) is 5.11 Å². The Morgan fingerprint density at radius 2 is 1.94 bits per heavy atom. The second kappa shape index (κ2) is 4.14. The van der Waals surface area contributed by atoms with Gasteiger partial charge in [-0.05, 0) is 41.8 Å². The Morgan fingerprint density at radius 3 is 2.62 bits per heavy atom. The van der Waals surface area contributed by atoms with Gasteiger partial charge in [0.1, 0.15) is 11.6 Å². The summed E-state index contributed by atoms with van der Waals surface area (Å²) in [6, 6.07) is 9.73. The van der Waals surface area contributed by atoms with Gasteiger partial charge in [0.15, 0.2) is 0 Å². The Morgan fingerprint density at radius 1 is 1.19 bits per heavy atom. The van der Waals surface area contributed by atoms with Crippen molar-refractivity contribution in [3.8, 4) is 16.9 Å². The number of phenolic OH excluding ortho intramolecular Hbond substituents is 1. The summed E-state index contributed by atoms with van der Waals surface area (Å²) in [7, 11) is 0. The Kier molecular flexibility index (Phi) is 2.84. The van der Waals surface area contributed by atoms with Crippen LogP contribution in [0, 0.1) is 12.7 Å². The quantitative estimate of drug-likeness (QED) is 0.788. The minimum absolute atomic E-state index is 0.0273. The minimum Gasteiger partial charge on any atom is -0.506 e. The third-order valence-electron chi connectivity index (χ3n) is 2.53. The Bertz CT molecular complexity index is 537. The van der Waals surface area contributed by atoms with Gasteiger partial charge < -0.3 is 5.11 Å². The van der Waals surface area contributed by atoms with Gasteiger partial charge in [-0.1, -0.05) is 29.8 Å². The maximum Gasteiger partial charge on any atom is 0.134 e. The minimum atomic E-state index is -0.248. The molecule has 0 fully saturated rings. The van der Waals surface area contributed by atoms with Gasteiger partial charge in [-0.2, -0.15) is 0 Å². The largest absolute Gasteiger partial charge is 0.506 e. The molecule has 0 amide bonds. The van der Waals surface area contributed by atoms with E-state index in [0.29, 0.717) is 5.56 Å². The van der Waals surface area contributed by atoms with Gasteiger partial charge in [-0.25, -0.2) is 4.39 Å². The highest BCUT2D eigenvalue weighted by Gasteiger charge is 2.07. The number of halogens is 2. The molecule has 0 heterocycles. The molecule has 3 heteroatoms. The van der Waals surface area contributed by atoms with Gasteiger partial charge in [-0.3, -0.25) is 0 Å². The first-order valence-corrected chi connectivity index (χ1v) is 5.21. The number of rotatable bonds is 1. The molecule has 82 valence electrons. The van der Waals surface area contributed by atoms with Crippen LogP contribution in [0.5, 0.6) is 5.75 Å². The van der Waals surface area contributed by atoms with Crippen LogP contribution in [0.4, 0.5) is 4.39 Å². The van der Waals surface area contributed by atoms with E-state index in [1.54, 1.807) is 25.1 Å². The molecule has 2 aromatic carbocycles. The van der Waals surface area contributed by atoms with Crippen molar-refractivity contribution >= 4 is 11.6 Å². The molecule has 0 saturated carbocycles. The maximum absolute atomic E-state index is 13.4. The van der Waals surface area contributed by atoms with Gasteiger partial charge in [0.2, 0.25) is 0 Å². The fraction of sp³-hybridized carbons (Fsp3) is 0.0769.